The third-order valence-corrected chi connectivity index (χ3v) is 4.17. The van der Waals surface area contributed by atoms with Gasteiger partial charge in [0.05, 0.1) is 0 Å². The molecule has 0 spiro atoms. The standard InChI is InChI=1S/C14H14S2/c1-2-12-8-9-16-14(12)13(15)10-11-6-4-3-5-7-11/h2-7,10,15H,1,8-9H2/b13-10-. The molecule has 0 fully saturated rings. The molecule has 0 aliphatic carbocycles. The minimum absolute atomic E-state index is 1.04. The van der Waals surface area contributed by atoms with Crippen LogP contribution in [0.4, 0.5) is 0 Å². The van der Waals surface area contributed by atoms with Crippen molar-refractivity contribution >= 4 is 30.5 Å². The van der Waals surface area contributed by atoms with E-state index in [4.69, 9.17) is 0 Å². The predicted molar refractivity (Wildman–Crippen MR) is 77.7 cm³/mol. The number of hydrogen-bond acceptors (Lipinski definition) is 2. The molecule has 16 heavy (non-hydrogen) atoms. The van der Waals surface area contributed by atoms with E-state index >= 15 is 0 Å². The zero-order valence-electron chi connectivity index (χ0n) is 9.02. The van der Waals surface area contributed by atoms with Gasteiger partial charge < -0.3 is 0 Å². The normalized spacial score (nSPS) is 16.7. The monoisotopic (exact) mass is 246 g/mol. The molecular weight excluding hydrogens is 232 g/mol. The third-order valence-electron chi connectivity index (χ3n) is 2.49. The Kier molecular flexibility index (Phi) is 3.97. The smallest absolute Gasteiger partial charge is 0.0238 e. The molecule has 1 aromatic carbocycles. The average Bonchev–Trinajstić information content (AvgIpc) is 2.78. The fourth-order valence-electron chi connectivity index (χ4n) is 1.68. The Balaban J connectivity index is 2.29. The zero-order chi connectivity index (χ0) is 11.4. The number of thioether (sulfide) groups is 1. The molecule has 2 heteroatoms. The first-order valence-corrected chi connectivity index (χ1v) is 6.69. The maximum absolute atomic E-state index is 4.58. The molecule has 1 aromatic rings. The second-order valence-corrected chi connectivity index (χ2v) is 5.18. The van der Waals surface area contributed by atoms with Gasteiger partial charge in [-0.2, -0.15) is 0 Å². The van der Waals surface area contributed by atoms with Crippen molar-refractivity contribution in [2.75, 3.05) is 5.75 Å². The highest BCUT2D eigenvalue weighted by atomic mass is 32.2. The van der Waals surface area contributed by atoms with Crippen molar-refractivity contribution in [1.82, 2.24) is 0 Å². The van der Waals surface area contributed by atoms with Gasteiger partial charge in [-0.05, 0) is 23.6 Å². The van der Waals surface area contributed by atoms with Gasteiger partial charge in [-0.3, -0.25) is 0 Å². The molecule has 0 amide bonds. The summed E-state index contributed by atoms with van der Waals surface area (Å²) in [6.45, 7) is 3.85. The minimum atomic E-state index is 1.04. The fourth-order valence-corrected chi connectivity index (χ4v) is 3.27. The van der Waals surface area contributed by atoms with Gasteiger partial charge in [0, 0.05) is 15.6 Å². The summed E-state index contributed by atoms with van der Waals surface area (Å²) in [5.41, 5.74) is 2.51. The highest BCUT2D eigenvalue weighted by Crippen LogP contribution is 2.39. The largest absolute Gasteiger partial charge is 0.142 e. The van der Waals surface area contributed by atoms with E-state index in [-0.39, 0.29) is 0 Å². The Morgan fingerprint density at radius 3 is 2.75 bits per heavy atom. The number of allylic oxidation sites excluding steroid dienone is 2. The molecule has 0 radical (unpaired) electrons. The van der Waals surface area contributed by atoms with E-state index in [9.17, 15) is 0 Å². The van der Waals surface area contributed by atoms with E-state index in [1.54, 1.807) is 0 Å². The van der Waals surface area contributed by atoms with Gasteiger partial charge in [0.25, 0.3) is 0 Å². The molecule has 0 saturated heterocycles. The van der Waals surface area contributed by atoms with Crippen LogP contribution in [0.5, 0.6) is 0 Å². The second-order valence-electron chi connectivity index (χ2n) is 3.60. The maximum atomic E-state index is 4.58. The predicted octanol–water partition coefficient (Wildman–Crippen LogP) is 4.53. The van der Waals surface area contributed by atoms with Gasteiger partial charge in [0.2, 0.25) is 0 Å². The van der Waals surface area contributed by atoms with Crippen molar-refractivity contribution in [2.45, 2.75) is 6.42 Å². The van der Waals surface area contributed by atoms with E-state index in [1.807, 2.05) is 36.0 Å². The van der Waals surface area contributed by atoms with Crippen LogP contribution in [0.3, 0.4) is 0 Å². The number of thiol groups is 1. The van der Waals surface area contributed by atoms with Crippen LogP contribution >= 0.6 is 24.4 Å². The van der Waals surface area contributed by atoms with Gasteiger partial charge in [0.15, 0.2) is 0 Å². The average molecular weight is 246 g/mol. The number of benzene rings is 1. The van der Waals surface area contributed by atoms with Crippen LogP contribution in [0, 0.1) is 0 Å². The first-order valence-electron chi connectivity index (χ1n) is 5.25. The fraction of sp³-hybridized carbons (Fsp3) is 0.143. The van der Waals surface area contributed by atoms with Crippen LogP contribution in [-0.4, -0.2) is 5.75 Å². The van der Waals surface area contributed by atoms with Gasteiger partial charge in [-0.15, -0.1) is 24.4 Å². The number of rotatable bonds is 3. The lowest BCUT2D eigenvalue weighted by molar-refractivity contribution is 1.19. The SMILES string of the molecule is C=CC1=C(/C(S)=C/c2ccccc2)SCC1. The van der Waals surface area contributed by atoms with Crippen LogP contribution in [0.15, 0.2) is 58.4 Å². The lowest BCUT2D eigenvalue weighted by Gasteiger charge is -2.03. The lowest BCUT2D eigenvalue weighted by atomic mass is 10.1. The van der Waals surface area contributed by atoms with Crippen LogP contribution in [0.25, 0.3) is 6.08 Å². The Bertz CT molecular complexity index is 441. The molecule has 0 bridgehead atoms. The van der Waals surface area contributed by atoms with Gasteiger partial charge >= 0.3 is 0 Å². The second kappa shape index (κ2) is 5.46. The zero-order valence-corrected chi connectivity index (χ0v) is 10.7. The Morgan fingerprint density at radius 2 is 2.06 bits per heavy atom. The summed E-state index contributed by atoms with van der Waals surface area (Å²) in [4.78, 5) is 2.32. The van der Waals surface area contributed by atoms with Crippen LogP contribution < -0.4 is 0 Å². The summed E-state index contributed by atoms with van der Waals surface area (Å²) in [6.07, 6.45) is 5.17. The van der Waals surface area contributed by atoms with Crippen molar-refractivity contribution in [3.05, 3.63) is 63.9 Å². The van der Waals surface area contributed by atoms with Crippen molar-refractivity contribution < 1.29 is 0 Å². The molecule has 0 N–H and O–H groups in total. The lowest BCUT2D eigenvalue weighted by Crippen LogP contribution is -1.79. The summed E-state index contributed by atoms with van der Waals surface area (Å²) in [6, 6.07) is 10.3. The van der Waals surface area contributed by atoms with Crippen LogP contribution in [0.1, 0.15) is 12.0 Å². The molecule has 1 aliphatic rings. The van der Waals surface area contributed by atoms with Gasteiger partial charge in [-0.1, -0.05) is 43.0 Å². The molecule has 0 saturated carbocycles. The van der Waals surface area contributed by atoms with Crippen LogP contribution in [-0.2, 0) is 0 Å². The molecule has 1 heterocycles. The minimum Gasteiger partial charge on any atom is -0.142 e. The van der Waals surface area contributed by atoms with Crippen LogP contribution in [0.2, 0.25) is 0 Å². The summed E-state index contributed by atoms with van der Waals surface area (Å²) < 4.78 is 0. The molecule has 0 nitrogen and oxygen atoms in total. The van der Waals surface area contributed by atoms with Gasteiger partial charge in [-0.25, -0.2) is 0 Å². The molecule has 1 aliphatic heterocycles. The Morgan fingerprint density at radius 1 is 1.31 bits per heavy atom. The van der Waals surface area contributed by atoms with E-state index in [2.05, 4.69) is 37.4 Å². The Labute approximate surface area is 107 Å². The highest BCUT2D eigenvalue weighted by Gasteiger charge is 2.14. The highest BCUT2D eigenvalue weighted by molar-refractivity contribution is 8.04. The van der Waals surface area contributed by atoms with Crippen molar-refractivity contribution in [2.24, 2.45) is 0 Å². The van der Waals surface area contributed by atoms with E-state index in [0.29, 0.717) is 0 Å². The molecule has 82 valence electrons. The molecule has 2 rings (SSSR count). The topological polar surface area (TPSA) is 0 Å². The van der Waals surface area contributed by atoms with Crippen molar-refractivity contribution in [3.8, 4) is 0 Å². The maximum Gasteiger partial charge on any atom is 0.0238 e. The first-order chi connectivity index (χ1) is 7.81. The van der Waals surface area contributed by atoms with Gasteiger partial charge in [0.1, 0.15) is 0 Å². The summed E-state index contributed by atoms with van der Waals surface area (Å²) in [5, 5.41) is 0. The van der Waals surface area contributed by atoms with E-state index < -0.39 is 0 Å². The third kappa shape index (κ3) is 2.63. The van der Waals surface area contributed by atoms with E-state index in [1.165, 1.54) is 16.0 Å². The van der Waals surface area contributed by atoms with Crippen molar-refractivity contribution in [3.63, 3.8) is 0 Å². The quantitative estimate of drug-likeness (QED) is 0.764. The first kappa shape index (κ1) is 11.6. The molecule has 0 unspecified atom stereocenters. The summed E-state index contributed by atoms with van der Waals surface area (Å²) >= 11 is 6.45. The molecule has 0 atom stereocenters. The molecule has 0 aromatic heterocycles. The Hall–Kier alpha value is -0.860. The van der Waals surface area contributed by atoms with Crippen molar-refractivity contribution in [1.29, 1.82) is 0 Å². The summed E-state index contributed by atoms with van der Waals surface area (Å²) in [7, 11) is 0. The summed E-state index contributed by atoms with van der Waals surface area (Å²) in [5.74, 6) is 1.14. The number of hydrogen-bond donors (Lipinski definition) is 1. The van der Waals surface area contributed by atoms with E-state index in [0.717, 1.165) is 17.1 Å². The molecular formula is C14H14S2.